The molecule has 0 aromatic heterocycles. The Morgan fingerprint density at radius 3 is 2.48 bits per heavy atom. The molecule has 0 bridgehead atoms. The van der Waals surface area contributed by atoms with E-state index < -0.39 is 23.6 Å². The molecule has 2 aromatic carbocycles. The smallest absolute Gasteiger partial charge is 0.294 e. The van der Waals surface area contributed by atoms with Crippen LogP contribution >= 0.6 is 11.8 Å². The van der Waals surface area contributed by atoms with E-state index in [4.69, 9.17) is 9.47 Å². The van der Waals surface area contributed by atoms with Gasteiger partial charge in [-0.25, -0.2) is 0 Å². The molecule has 1 saturated heterocycles. The van der Waals surface area contributed by atoms with Crippen molar-refractivity contribution in [3.05, 3.63) is 52.9 Å². The SMILES string of the molecule is COc1ccc(NC(=O)CN2C(=O)S/C(=C/c3ccc(OC)c(O)c3)C2=O)cc1. The number of nitrogens with zero attached hydrogens (tertiary/aromatic N) is 1. The molecule has 1 fully saturated rings. The molecule has 8 nitrogen and oxygen atoms in total. The standard InChI is InChI=1S/C20H18N2O6S/c1-27-14-6-4-13(5-7-14)21-18(24)11-22-19(25)17(29-20(22)26)10-12-3-8-16(28-2)15(23)9-12/h3-10,23H,11H2,1-2H3,(H,21,24)/b17-10+. The van der Waals surface area contributed by atoms with Gasteiger partial charge in [-0.2, -0.15) is 0 Å². The quantitative estimate of drug-likeness (QED) is 0.700. The Hall–Kier alpha value is -3.46. The van der Waals surface area contributed by atoms with Crippen molar-refractivity contribution in [3.63, 3.8) is 0 Å². The fraction of sp³-hybridized carbons (Fsp3) is 0.150. The predicted molar refractivity (Wildman–Crippen MR) is 109 cm³/mol. The van der Waals surface area contributed by atoms with Gasteiger partial charge in [-0.3, -0.25) is 19.3 Å². The molecule has 0 aliphatic carbocycles. The number of nitrogens with one attached hydrogen (secondary N) is 1. The first kappa shape index (κ1) is 20.3. The maximum absolute atomic E-state index is 12.5. The fourth-order valence-corrected chi connectivity index (χ4v) is 3.44. The highest BCUT2D eigenvalue weighted by Crippen LogP contribution is 2.34. The topological polar surface area (TPSA) is 105 Å². The Bertz CT molecular complexity index is 987. The maximum Gasteiger partial charge on any atom is 0.294 e. The van der Waals surface area contributed by atoms with Crippen LogP contribution in [0.5, 0.6) is 17.2 Å². The third-order valence-electron chi connectivity index (χ3n) is 4.05. The summed E-state index contributed by atoms with van der Waals surface area (Å²) in [5.74, 6) is -0.213. The highest BCUT2D eigenvalue weighted by atomic mass is 32.2. The van der Waals surface area contributed by atoms with Gasteiger partial charge in [-0.1, -0.05) is 6.07 Å². The zero-order valence-electron chi connectivity index (χ0n) is 15.7. The molecule has 1 aliphatic rings. The number of ether oxygens (including phenoxy) is 2. The molecule has 150 valence electrons. The lowest BCUT2D eigenvalue weighted by atomic mass is 10.2. The summed E-state index contributed by atoms with van der Waals surface area (Å²) in [4.78, 5) is 38.0. The van der Waals surface area contributed by atoms with Crippen molar-refractivity contribution >= 4 is 40.6 Å². The van der Waals surface area contributed by atoms with Gasteiger partial charge >= 0.3 is 0 Å². The molecule has 1 aliphatic heterocycles. The second-order valence-electron chi connectivity index (χ2n) is 5.98. The highest BCUT2D eigenvalue weighted by molar-refractivity contribution is 8.18. The number of imide groups is 1. The van der Waals surface area contributed by atoms with Gasteiger partial charge in [0, 0.05) is 5.69 Å². The van der Waals surface area contributed by atoms with Crippen LogP contribution in [-0.2, 0) is 9.59 Å². The Balaban J connectivity index is 1.68. The van der Waals surface area contributed by atoms with E-state index in [0.29, 0.717) is 22.7 Å². The summed E-state index contributed by atoms with van der Waals surface area (Å²) in [6, 6.07) is 11.3. The molecule has 0 atom stereocenters. The zero-order chi connectivity index (χ0) is 21.0. The van der Waals surface area contributed by atoms with Crippen LogP contribution < -0.4 is 14.8 Å². The number of methoxy groups -OCH3 is 2. The van der Waals surface area contributed by atoms with Crippen LogP contribution in [0.4, 0.5) is 10.5 Å². The lowest BCUT2D eigenvalue weighted by molar-refractivity contribution is -0.127. The van der Waals surface area contributed by atoms with E-state index >= 15 is 0 Å². The van der Waals surface area contributed by atoms with Gasteiger partial charge in [0.15, 0.2) is 11.5 Å². The normalized spacial score (nSPS) is 15.0. The first-order valence-corrected chi connectivity index (χ1v) is 9.29. The molecule has 2 aromatic rings. The van der Waals surface area contributed by atoms with Crippen LogP contribution in [0.1, 0.15) is 5.56 Å². The fourth-order valence-electron chi connectivity index (χ4n) is 2.60. The summed E-state index contributed by atoms with van der Waals surface area (Å²) >= 11 is 0.735. The molecular formula is C20H18N2O6S. The number of carbonyl (C=O) groups is 3. The second kappa shape index (κ2) is 8.70. The van der Waals surface area contributed by atoms with Gasteiger partial charge in [-0.05, 0) is 59.8 Å². The highest BCUT2D eigenvalue weighted by Gasteiger charge is 2.36. The number of hydrogen-bond donors (Lipinski definition) is 2. The zero-order valence-corrected chi connectivity index (χ0v) is 16.5. The van der Waals surface area contributed by atoms with Gasteiger partial charge in [-0.15, -0.1) is 0 Å². The molecule has 1 heterocycles. The maximum atomic E-state index is 12.5. The molecule has 0 spiro atoms. The van der Waals surface area contributed by atoms with Crippen molar-refractivity contribution in [2.75, 3.05) is 26.1 Å². The Morgan fingerprint density at radius 1 is 1.14 bits per heavy atom. The van der Waals surface area contributed by atoms with E-state index in [9.17, 15) is 19.5 Å². The number of benzene rings is 2. The van der Waals surface area contributed by atoms with Crippen molar-refractivity contribution < 1.29 is 29.0 Å². The number of carbonyl (C=O) groups excluding carboxylic acids is 3. The first-order valence-electron chi connectivity index (χ1n) is 8.47. The Kier molecular flexibility index (Phi) is 6.08. The number of aromatic hydroxyl groups is 1. The van der Waals surface area contributed by atoms with Crippen molar-refractivity contribution in [2.45, 2.75) is 0 Å². The number of thioether (sulfide) groups is 1. The van der Waals surface area contributed by atoms with E-state index in [0.717, 1.165) is 16.7 Å². The van der Waals surface area contributed by atoms with Gasteiger partial charge in [0.2, 0.25) is 5.91 Å². The van der Waals surface area contributed by atoms with Crippen molar-refractivity contribution in [1.29, 1.82) is 0 Å². The average molecular weight is 414 g/mol. The van der Waals surface area contributed by atoms with Gasteiger partial charge < -0.3 is 19.9 Å². The molecule has 2 N–H and O–H groups in total. The molecule has 29 heavy (non-hydrogen) atoms. The molecule has 3 amide bonds. The van der Waals surface area contributed by atoms with Gasteiger partial charge in [0.05, 0.1) is 19.1 Å². The van der Waals surface area contributed by atoms with Crippen LogP contribution in [-0.4, -0.2) is 47.8 Å². The van der Waals surface area contributed by atoms with Crippen LogP contribution in [0.3, 0.4) is 0 Å². The summed E-state index contributed by atoms with van der Waals surface area (Å²) < 4.78 is 10.0. The first-order chi connectivity index (χ1) is 13.9. The predicted octanol–water partition coefficient (Wildman–Crippen LogP) is 3.08. The number of amides is 3. The minimum Gasteiger partial charge on any atom is -0.504 e. The van der Waals surface area contributed by atoms with Crippen LogP contribution in [0.15, 0.2) is 47.4 Å². The summed E-state index contributed by atoms with van der Waals surface area (Å²) in [6.45, 7) is -0.401. The third-order valence-corrected chi connectivity index (χ3v) is 4.96. The van der Waals surface area contributed by atoms with Crippen LogP contribution in [0.25, 0.3) is 6.08 Å². The lowest BCUT2D eigenvalue weighted by Gasteiger charge is -2.12. The summed E-state index contributed by atoms with van der Waals surface area (Å²) in [5.41, 5.74) is 1.04. The number of rotatable bonds is 6. The molecule has 0 unspecified atom stereocenters. The van der Waals surface area contributed by atoms with E-state index in [1.807, 2.05) is 0 Å². The van der Waals surface area contributed by atoms with Crippen molar-refractivity contribution in [2.24, 2.45) is 0 Å². The molecule has 3 rings (SSSR count). The lowest BCUT2D eigenvalue weighted by Crippen LogP contribution is -2.36. The molecule has 9 heteroatoms. The average Bonchev–Trinajstić information content (AvgIpc) is 2.96. The minimum absolute atomic E-state index is 0.0839. The minimum atomic E-state index is -0.569. The largest absolute Gasteiger partial charge is 0.504 e. The summed E-state index contributed by atoms with van der Waals surface area (Å²) in [7, 11) is 2.96. The number of hydrogen-bond acceptors (Lipinski definition) is 7. The van der Waals surface area contributed by atoms with E-state index in [1.165, 1.54) is 26.4 Å². The van der Waals surface area contributed by atoms with E-state index in [-0.39, 0.29) is 10.7 Å². The van der Waals surface area contributed by atoms with Gasteiger partial charge in [0.25, 0.3) is 11.1 Å². The molecule has 0 saturated carbocycles. The van der Waals surface area contributed by atoms with E-state index in [2.05, 4.69) is 5.32 Å². The second-order valence-corrected chi connectivity index (χ2v) is 6.97. The van der Waals surface area contributed by atoms with E-state index in [1.54, 1.807) is 36.4 Å². The summed E-state index contributed by atoms with van der Waals surface area (Å²) in [5, 5.41) is 11.9. The Labute approximate surface area is 171 Å². The molecule has 0 radical (unpaired) electrons. The van der Waals surface area contributed by atoms with Crippen LogP contribution in [0.2, 0.25) is 0 Å². The summed E-state index contributed by atoms with van der Waals surface area (Å²) in [6.07, 6.45) is 1.48. The third kappa shape index (κ3) is 4.69. The van der Waals surface area contributed by atoms with Crippen LogP contribution in [0, 0.1) is 0 Å². The molecular weight excluding hydrogens is 396 g/mol. The number of phenolic OH excluding ortho intramolecular Hbond substituents is 1. The van der Waals surface area contributed by atoms with Gasteiger partial charge in [0.1, 0.15) is 12.3 Å². The monoisotopic (exact) mass is 414 g/mol. The van der Waals surface area contributed by atoms with Crippen molar-refractivity contribution in [3.8, 4) is 17.2 Å². The number of phenols is 1. The van der Waals surface area contributed by atoms with Crippen molar-refractivity contribution in [1.82, 2.24) is 4.90 Å². The number of anilines is 1. The Morgan fingerprint density at radius 2 is 1.86 bits per heavy atom.